The number of aryl methyl sites for hydroxylation is 1. The van der Waals surface area contributed by atoms with E-state index in [9.17, 15) is 0 Å². The van der Waals surface area contributed by atoms with Crippen molar-refractivity contribution in [2.75, 3.05) is 6.54 Å². The van der Waals surface area contributed by atoms with E-state index in [4.69, 9.17) is 11.6 Å². The average molecular weight is 249 g/mol. The van der Waals surface area contributed by atoms with Crippen molar-refractivity contribution in [2.45, 2.75) is 32.2 Å². The largest absolute Gasteiger partial charge is 0.358 e. The Morgan fingerprint density at radius 3 is 3.00 bits per heavy atom. The Kier molecular flexibility index (Phi) is 2.85. The highest BCUT2D eigenvalue weighted by Gasteiger charge is 2.20. The van der Waals surface area contributed by atoms with Crippen LogP contribution in [0.1, 0.15) is 24.1 Å². The highest BCUT2D eigenvalue weighted by molar-refractivity contribution is 6.31. The lowest BCUT2D eigenvalue weighted by Gasteiger charge is -2.03. The summed E-state index contributed by atoms with van der Waals surface area (Å²) in [6.45, 7) is 3.21. The van der Waals surface area contributed by atoms with Crippen LogP contribution in [0.25, 0.3) is 10.9 Å². The molecule has 0 unspecified atom stereocenters. The summed E-state index contributed by atoms with van der Waals surface area (Å²) >= 11 is 6.00. The van der Waals surface area contributed by atoms with Gasteiger partial charge >= 0.3 is 0 Å². The molecule has 0 saturated heterocycles. The molecular formula is C14H17ClN2. The van der Waals surface area contributed by atoms with Gasteiger partial charge in [-0.25, -0.2) is 0 Å². The SMILES string of the molecule is Cc1[nH]c2cc(Cl)ccc2c1CCNC1CC1. The van der Waals surface area contributed by atoms with Gasteiger partial charge in [0.2, 0.25) is 0 Å². The molecule has 0 spiro atoms. The van der Waals surface area contributed by atoms with Gasteiger partial charge in [-0.2, -0.15) is 0 Å². The molecule has 0 atom stereocenters. The molecule has 3 rings (SSSR count). The number of halogens is 1. The molecule has 2 nitrogen and oxygen atoms in total. The molecular weight excluding hydrogens is 232 g/mol. The van der Waals surface area contributed by atoms with Crippen LogP contribution in [-0.2, 0) is 6.42 Å². The Bertz CT molecular complexity index is 540. The summed E-state index contributed by atoms with van der Waals surface area (Å²) < 4.78 is 0. The van der Waals surface area contributed by atoms with Crippen molar-refractivity contribution in [1.82, 2.24) is 10.3 Å². The van der Waals surface area contributed by atoms with Crippen LogP contribution in [0.15, 0.2) is 18.2 Å². The number of benzene rings is 1. The van der Waals surface area contributed by atoms with Gasteiger partial charge in [0.25, 0.3) is 0 Å². The Morgan fingerprint density at radius 1 is 1.41 bits per heavy atom. The number of fused-ring (bicyclic) bond motifs is 1. The average Bonchev–Trinajstić information content (AvgIpc) is 3.04. The standard InChI is InChI=1S/C14H17ClN2/c1-9-12(6-7-16-11-3-4-11)13-5-2-10(15)8-14(13)17-9/h2,5,8,11,16-17H,3-4,6-7H2,1H3. The van der Waals surface area contributed by atoms with E-state index >= 15 is 0 Å². The van der Waals surface area contributed by atoms with Gasteiger partial charge in [-0.05, 0) is 50.4 Å². The molecule has 0 radical (unpaired) electrons. The second-order valence-electron chi connectivity index (χ2n) is 4.90. The van der Waals surface area contributed by atoms with Gasteiger partial charge in [-0.1, -0.05) is 17.7 Å². The zero-order chi connectivity index (χ0) is 11.8. The minimum Gasteiger partial charge on any atom is -0.358 e. The summed E-state index contributed by atoms with van der Waals surface area (Å²) in [7, 11) is 0. The minimum absolute atomic E-state index is 0.787. The van der Waals surface area contributed by atoms with Crippen LogP contribution in [-0.4, -0.2) is 17.6 Å². The molecule has 2 aromatic rings. The maximum absolute atomic E-state index is 6.00. The van der Waals surface area contributed by atoms with E-state index in [0.29, 0.717) is 0 Å². The summed E-state index contributed by atoms with van der Waals surface area (Å²) in [5.41, 5.74) is 3.83. The number of hydrogen-bond acceptors (Lipinski definition) is 1. The van der Waals surface area contributed by atoms with E-state index in [1.54, 1.807) is 0 Å². The quantitative estimate of drug-likeness (QED) is 0.853. The molecule has 0 aliphatic heterocycles. The second-order valence-corrected chi connectivity index (χ2v) is 5.33. The topological polar surface area (TPSA) is 27.8 Å². The Morgan fingerprint density at radius 2 is 2.24 bits per heavy atom. The van der Waals surface area contributed by atoms with Crippen LogP contribution in [0.3, 0.4) is 0 Å². The summed E-state index contributed by atoms with van der Waals surface area (Å²) in [4.78, 5) is 3.41. The minimum atomic E-state index is 0.787. The zero-order valence-electron chi connectivity index (χ0n) is 10.0. The summed E-state index contributed by atoms with van der Waals surface area (Å²) in [6.07, 6.45) is 3.79. The number of aromatic nitrogens is 1. The van der Waals surface area contributed by atoms with Crippen molar-refractivity contribution >= 4 is 22.5 Å². The smallest absolute Gasteiger partial charge is 0.0473 e. The van der Waals surface area contributed by atoms with Crippen molar-refractivity contribution in [2.24, 2.45) is 0 Å². The van der Waals surface area contributed by atoms with E-state index in [0.717, 1.165) is 29.5 Å². The first-order chi connectivity index (χ1) is 8.24. The van der Waals surface area contributed by atoms with Crippen molar-refractivity contribution in [3.8, 4) is 0 Å². The predicted octanol–water partition coefficient (Wildman–Crippen LogP) is 3.42. The van der Waals surface area contributed by atoms with Gasteiger partial charge in [-0.3, -0.25) is 0 Å². The van der Waals surface area contributed by atoms with Gasteiger partial charge in [0, 0.05) is 27.7 Å². The van der Waals surface area contributed by atoms with Crippen LogP contribution in [0.2, 0.25) is 5.02 Å². The summed E-state index contributed by atoms with van der Waals surface area (Å²) in [6, 6.07) is 6.87. The molecule has 0 bridgehead atoms. The Hall–Kier alpha value is -0.990. The number of nitrogens with one attached hydrogen (secondary N) is 2. The fourth-order valence-electron chi connectivity index (χ4n) is 2.37. The number of hydrogen-bond donors (Lipinski definition) is 2. The van der Waals surface area contributed by atoms with E-state index in [-0.39, 0.29) is 0 Å². The third kappa shape index (κ3) is 2.33. The molecule has 2 N–H and O–H groups in total. The lowest BCUT2D eigenvalue weighted by molar-refractivity contribution is 0.682. The number of aromatic amines is 1. The van der Waals surface area contributed by atoms with E-state index in [2.05, 4.69) is 23.3 Å². The highest BCUT2D eigenvalue weighted by Crippen LogP contribution is 2.25. The van der Waals surface area contributed by atoms with Gasteiger partial charge in [-0.15, -0.1) is 0 Å². The van der Waals surface area contributed by atoms with Crippen molar-refractivity contribution < 1.29 is 0 Å². The number of rotatable bonds is 4. The van der Waals surface area contributed by atoms with E-state index in [1.807, 2.05) is 12.1 Å². The molecule has 1 fully saturated rings. The van der Waals surface area contributed by atoms with Gasteiger partial charge < -0.3 is 10.3 Å². The molecule has 0 amide bonds. The molecule has 1 aliphatic rings. The van der Waals surface area contributed by atoms with Crippen molar-refractivity contribution in [1.29, 1.82) is 0 Å². The first kappa shape index (κ1) is 11.1. The predicted molar refractivity (Wildman–Crippen MR) is 72.8 cm³/mol. The Labute approximate surface area is 106 Å². The van der Waals surface area contributed by atoms with Crippen molar-refractivity contribution in [3.63, 3.8) is 0 Å². The maximum Gasteiger partial charge on any atom is 0.0473 e. The normalized spacial score (nSPS) is 15.6. The molecule has 90 valence electrons. The molecule has 1 heterocycles. The van der Waals surface area contributed by atoms with Gasteiger partial charge in [0.15, 0.2) is 0 Å². The first-order valence-electron chi connectivity index (χ1n) is 6.24. The molecule has 1 aromatic heterocycles. The lowest BCUT2D eigenvalue weighted by Crippen LogP contribution is -2.19. The lowest BCUT2D eigenvalue weighted by atomic mass is 10.1. The number of H-pyrrole nitrogens is 1. The first-order valence-corrected chi connectivity index (χ1v) is 6.62. The van der Waals surface area contributed by atoms with E-state index < -0.39 is 0 Å². The van der Waals surface area contributed by atoms with Crippen LogP contribution in [0, 0.1) is 6.92 Å². The molecule has 17 heavy (non-hydrogen) atoms. The fourth-order valence-corrected chi connectivity index (χ4v) is 2.55. The van der Waals surface area contributed by atoms with Crippen LogP contribution >= 0.6 is 11.6 Å². The zero-order valence-corrected chi connectivity index (χ0v) is 10.8. The van der Waals surface area contributed by atoms with E-state index in [1.165, 1.54) is 29.5 Å². The summed E-state index contributed by atoms with van der Waals surface area (Å²) in [5.74, 6) is 0. The van der Waals surface area contributed by atoms with Crippen molar-refractivity contribution in [3.05, 3.63) is 34.5 Å². The third-order valence-corrected chi connectivity index (χ3v) is 3.70. The monoisotopic (exact) mass is 248 g/mol. The van der Waals surface area contributed by atoms with Gasteiger partial charge in [0.05, 0.1) is 0 Å². The molecule has 1 aliphatic carbocycles. The molecule has 3 heteroatoms. The maximum atomic E-state index is 6.00. The van der Waals surface area contributed by atoms with Crippen LogP contribution in [0.4, 0.5) is 0 Å². The summed E-state index contributed by atoms with van der Waals surface area (Å²) in [5, 5.41) is 5.66. The Balaban J connectivity index is 1.83. The second kappa shape index (κ2) is 4.35. The van der Waals surface area contributed by atoms with Crippen LogP contribution < -0.4 is 5.32 Å². The third-order valence-electron chi connectivity index (χ3n) is 3.47. The van der Waals surface area contributed by atoms with Crippen LogP contribution in [0.5, 0.6) is 0 Å². The van der Waals surface area contributed by atoms with Gasteiger partial charge in [0.1, 0.15) is 0 Å². The molecule has 1 aromatic carbocycles. The highest BCUT2D eigenvalue weighted by atomic mass is 35.5. The fraction of sp³-hybridized carbons (Fsp3) is 0.429. The molecule has 1 saturated carbocycles.